The number of nitrogens with zero attached hydrogens (tertiary/aromatic N) is 4. The molecule has 3 rings (SSSR count). The van der Waals surface area contributed by atoms with Crippen LogP contribution in [0.3, 0.4) is 0 Å². The number of anilines is 3. The summed E-state index contributed by atoms with van der Waals surface area (Å²) in [5, 5.41) is 9.16. The molecule has 2 heterocycles. The zero-order valence-corrected chi connectivity index (χ0v) is 14.7. The molecule has 6 heteroatoms. The third-order valence-corrected chi connectivity index (χ3v) is 4.62. The molecular formula is C19H24N4O2. The van der Waals surface area contributed by atoms with E-state index in [9.17, 15) is 4.79 Å². The van der Waals surface area contributed by atoms with E-state index < -0.39 is 5.97 Å². The van der Waals surface area contributed by atoms with Crippen molar-refractivity contribution in [2.45, 2.75) is 26.7 Å². The zero-order valence-electron chi connectivity index (χ0n) is 14.7. The van der Waals surface area contributed by atoms with Gasteiger partial charge in [-0.15, -0.1) is 0 Å². The average Bonchev–Trinajstić information content (AvgIpc) is 2.63. The molecular weight excluding hydrogens is 316 g/mol. The van der Waals surface area contributed by atoms with E-state index in [-0.39, 0.29) is 5.92 Å². The monoisotopic (exact) mass is 340 g/mol. The number of carbonyl (C=O) groups is 1. The van der Waals surface area contributed by atoms with Crippen molar-refractivity contribution in [2.24, 2.45) is 5.92 Å². The smallest absolute Gasteiger partial charge is 0.306 e. The van der Waals surface area contributed by atoms with Gasteiger partial charge in [0.15, 0.2) is 0 Å². The van der Waals surface area contributed by atoms with E-state index in [0.29, 0.717) is 31.9 Å². The normalized spacial score (nSPS) is 15.2. The second-order valence-electron chi connectivity index (χ2n) is 6.35. The van der Waals surface area contributed by atoms with Crippen molar-refractivity contribution in [1.29, 1.82) is 0 Å². The van der Waals surface area contributed by atoms with Crippen LogP contribution >= 0.6 is 0 Å². The number of hydrogen-bond acceptors (Lipinski definition) is 5. The fourth-order valence-electron chi connectivity index (χ4n) is 3.22. The summed E-state index contributed by atoms with van der Waals surface area (Å²) in [6, 6.07) is 12.1. The SMILES string of the molecule is CCN(c1ccccc1)c1nc(C)cc(N2CCC(C(=O)O)CC2)n1. The summed E-state index contributed by atoms with van der Waals surface area (Å²) in [7, 11) is 0. The summed E-state index contributed by atoms with van der Waals surface area (Å²) in [5.74, 6) is 0.625. The minimum Gasteiger partial charge on any atom is -0.481 e. The molecule has 1 aromatic heterocycles. The number of piperidine rings is 1. The number of benzene rings is 1. The Bertz CT molecular complexity index is 727. The molecule has 132 valence electrons. The van der Waals surface area contributed by atoms with Crippen LogP contribution in [0.1, 0.15) is 25.5 Å². The first kappa shape index (κ1) is 17.2. The minimum absolute atomic E-state index is 0.241. The summed E-state index contributed by atoms with van der Waals surface area (Å²) >= 11 is 0. The zero-order chi connectivity index (χ0) is 17.8. The lowest BCUT2D eigenvalue weighted by Gasteiger charge is -2.32. The lowest BCUT2D eigenvalue weighted by Crippen LogP contribution is -2.37. The quantitative estimate of drug-likeness (QED) is 0.901. The molecule has 1 aliphatic heterocycles. The molecule has 1 aliphatic rings. The van der Waals surface area contributed by atoms with Crippen molar-refractivity contribution >= 4 is 23.4 Å². The Morgan fingerprint density at radius 3 is 2.52 bits per heavy atom. The highest BCUT2D eigenvalue weighted by molar-refractivity contribution is 5.70. The van der Waals surface area contributed by atoms with Crippen LogP contribution in [-0.4, -0.2) is 40.7 Å². The van der Waals surface area contributed by atoms with E-state index in [1.165, 1.54) is 0 Å². The first-order valence-electron chi connectivity index (χ1n) is 8.74. The molecule has 0 spiro atoms. The number of aromatic nitrogens is 2. The third-order valence-electron chi connectivity index (χ3n) is 4.62. The fourth-order valence-corrected chi connectivity index (χ4v) is 3.22. The molecule has 1 aromatic carbocycles. The van der Waals surface area contributed by atoms with Crippen molar-refractivity contribution in [3.8, 4) is 0 Å². The van der Waals surface area contributed by atoms with E-state index in [2.05, 4.69) is 21.7 Å². The summed E-state index contributed by atoms with van der Waals surface area (Å²) in [4.78, 5) is 24.8. The van der Waals surface area contributed by atoms with Gasteiger partial charge in [-0.3, -0.25) is 4.79 Å². The van der Waals surface area contributed by atoms with Gasteiger partial charge in [-0.25, -0.2) is 4.98 Å². The van der Waals surface area contributed by atoms with Gasteiger partial charge in [-0.1, -0.05) is 18.2 Å². The van der Waals surface area contributed by atoms with Crippen LogP contribution in [0.4, 0.5) is 17.5 Å². The van der Waals surface area contributed by atoms with E-state index in [0.717, 1.165) is 23.7 Å². The molecule has 25 heavy (non-hydrogen) atoms. The van der Waals surface area contributed by atoms with Gasteiger partial charge in [0.1, 0.15) is 5.82 Å². The number of carboxylic acid groups (broad SMARTS) is 1. The molecule has 0 saturated carbocycles. The van der Waals surface area contributed by atoms with Gasteiger partial charge in [0.25, 0.3) is 0 Å². The van der Waals surface area contributed by atoms with E-state index in [1.807, 2.05) is 43.3 Å². The van der Waals surface area contributed by atoms with Crippen LogP contribution in [0, 0.1) is 12.8 Å². The molecule has 0 atom stereocenters. The van der Waals surface area contributed by atoms with Gasteiger partial charge >= 0.3 is 5.97 Å². The second kappa shape index (κ2) is 7.51. The Morgan fingerprint density at radius 2 is 1.92 bits per heavy atom. The molecule has 0 unspecified atom stereocenters. The maximum absolute atomic E-state index is 11.1. The first-order chi connectivity index (χ1) is 12.1. The summed E-state index contributed by atoms with van der Waals surface area (Å²) in [6.45, 7) is 6.25. The molecule has 1 N–H and O–H groups in total. The van der Waals surface area contributed by atoms with E-state index in [1.54, 1.807) is 0 Å². The van der Waals surface area contributed by atoms with E-state index in [4.69, 9.17) is 10.1 Å². The number of para-hydroxylation sites is 1. The lowest BCUT2D eigenvalue weighted by molar-refractivity contribution is -0.142. The molecule has 6 nitrogen and oxygen atoms in total. The molecule has 0 bridgehead atoms. The highest BCUT2D eigenvalue weighted by Gasteiger charge is 2.25. The first-order valence-corrected chi connectivity index (χ1v) is 8.74. The standard InChI is InChI=1S/C19H24N4O2/c1-3-23(16-7-5-4-6-8-16)19-20-14(2)13-17(21-19)22-11-9-15(10-12-22)18(24)25/h4-8,13,15H,3,9-12H2,1-2H3,(H,24,25). The molecule has 2 aromatic rings. The minimum atomic E-state index is -0.694. The number of aliphatic carboxylic acids is 1. The predicted molar refractivity (Wildman–Crippen MR) is 98.5 cm³/mol. The molecule has 0 radical (unpaired) electrons. The van der Waals surface area contributed by atoms with Crippen molar-refractivity contribution in [1.82, 2.24) is 9.97 Å². The maximum atomic E-state index is 11.1. The Morgan fingerprint density at radius 1 is 1.24 bits per heavy atom. The van der Waals surface area contributed by atoms with Crippen molar-refractivity contribution in [2.75, 3.05) is 29.4 Å². The Hall–Kier alpha value is -2.63. The Kier molecular flexibility index (Phi) is 5.16. The lowest BCUT2D eigenvalue weighted by atomic mass is 9.97. The maximum Gasteiger partial charge on any atom is 0.306 e. The van der Waals surface area contributed by atoms with Crippen LogP contribution < -0.4 is 9.80 Å². The highest BCUT2D eigenvalue weighted by atomic mass is 16.4. The fraction of sp³-hybridized carbons (Fsp3) is 0.421. The van der Waals surface area contributed by atoms with Crippen LogP contribution in [0.15, 0.2) is 36.4 Å². The number of aryl methyl sites for hydroxylation is 1. The van der Waals surface area contributed by atoms with Gasteiger partial charge in [-0.05, 0) is 38.8 Å². The van der Waals surface area contributed by atoms with E-state index >= 15 is 0 Å². The number of rotatable bonds is 5. The molecule has 0 aliphatic carbocycles. The van der Waals surface area contributed by atoms with Crippen molar-refractivity contribution < 1.29 is 9.90 Å². The largest absolute Gasteiger partial charge is 0.481 e. The molecule has 0 amide bonds. The Balaban J connectivity index is 1.84. The van der Waals surface area contributed by atoms with Gasteiger partial charge in [0.2, 0.25) is 5.95 Å². The number of hydrogen-bond donors (Lipinski definition) is 1. The van der Waals surface area contributed by atoms with Crippen LogP contribution in [0.2, 0.25) is 0 Å². The topological polar surface area (TPSA) is 69.6 Å². The third kappa shape index (κ3) is 3.90. The van der Waals surface area contributed by atoms with Gasteiger partial charge in [0, 0.05) is 37.1 Å². The molecule has 1 fully saturated rings. The van der Waals surface area contributed by atoms with Crippen molar-refractivity contribution in [3.63, 3.8) is 0 Å². The van der Waals surface area contributed by atoms with Crippen LogP contribution in [0.25, 0.3) is 0 Å². The van der Waals surface area contributed by atoms with Crippen LogP contribution in [0.5, 0.6) is 0 Å². The summed E-state index contributed by atoms with van der Waals surface area (Å²) < 4.78 is 0. The highest BCUT2D eigenvalue weighted by Crippen LogP contribution is 2.27. The predicted octanol–water partition coefficient (Wildman–Crippen LogP) is 3.24. The molecule has 1 saturated heterocycles. The summed E-state index contributed by atoms with van der Waals surface area (Å²) in [6.07, 6.45) is 1.31. The summed E-state index contributed by atoms with van der Waals surface area (Å²) in [5.41, 5.74) is 1.97. The van der Waals surface area contributed by atoms with Gasteiger partial charge < -0.3 is 14.9 Å². The number of carboxylic acids is 1. The van der Waals surface area contributed by atoms with Gasteiger partial charge in [-0.2, -0.15) is 4.98 Å². The second-order valence-corrected chi connectivity index (χ2v) is 6.35. The van der Waals surface area contributed by atoms with Gasteiger partial charge in [0.05, 0.1) is 5.92 Å². The Labute approximate surface area is 148 Å². The van der Waals surface area contributed by atoms with Crippen LogP contribution in [-0.2, 0) is 4.79 Å². The van der Waals surface area contributed by atoms with Crippen molar-refractivity contribution in [3.05, 3.63) is 42.1 Å². The average molecular weight is 340 g/mol.